The standard InChI is InChI=1S/C14H28N2O2/c1-3-13-9-16(7-4-8-18-13)10-14(11-17,15-2)12-5-6-12/h12-13,15,17H,3-11H2,1-2H3. The molecular formula is C14H28N2O2. The molecule has 0 aromatic rings. The second-order valence-electron chi connectivity index (χ2n) is 5.83. The lowest BCUT2D eigenvalue weighted by atomic mass is 9.93. The fraction of sp³-hybridized carbons (Fsp3) is 1.00. The number of aliphatic hydroxyl groups is 1. The van der Waals surface area contributed by atoms with Gasteiger partial charge >= 0.3 is 0 Å². The van der Waals surface area contributed by atoms with E-state index in [1.54, 1.807) is 0 Å². The quantitative estimate of drug-likeness (QED) is 0.739. The van der Waals surface area contributed by atoms with Crippen LogP contribution in [0.4, 0.5) is 0 Å². The zero-order chi connectivity index (χ0) is 13.0. The molecule has 4 heteroatoms. The van der Waals surface area contributed by atoms with E-state index in [1.807, 2.05) is 7.05 Å². The van der Waals surface area contributed by atoms with Crippen LogP contribution in [0.3, 0.4) is 0 Å². The number of hydrogen-bond acceptors (Lipinski definition) is 4. The first-order valence-electron chi connectivity index (χ1n) is 7.38. The number of hydrogen-bond donors (Lipinski definition) is 2. The Bertz CT molecular complexity index is 252. The van der Waals surface area contributed by atoms with Gasteiger partial charge in [0.15, 0.2) is 0 Å². The van der Waals surface area contributed by atoms with Gasteiger partial charge in [-0.25, -0.2) is 0 Å². The van der Waals surface area contributed by atoms with Gasteiger partial charge in [0.05, 0.1) is 18.2 Å². The number of rotatable bonds is 6. The molecule has 0 amide bonds. The highest BCUT2D eigenvalue weighted by atomic mass is 16.5. The summed E-state index contributed by atoms with van der Waals surface area (Å²) in [6, 6.07) is 0. The molecule has 0 bridgehead atoms. The molecule has 4 nitrogen and oxygen atoms in total. The van der Waals surface area contributed by atoms with E-state index in [4.69, 9.17) is 4.74 Å². The highest BCUT2D eigenvalue weighted by Crippen LogP contribution is 2.40. The SMILES string of the molecule is CCC1CN(CC(CO)(NC)C2CC2)CCCO1. The number of ether oxygens (including phenoxy) is 1. The predicted octanol–water partition coefficient (Wildman–Crippen LogP) is 0.848. The van der Waals surface area contributed by atoms with Crippen LogP contribution in [0.15, 0.2) is 0 Å². The van der Waals surface area contributed by atoms with Gasteiger partial charge in [0.1, 0.15) is 0 Å². The minimum absolute atomic E-state index is 0.0946. The van der Waals surface area contributed by atoms with Crippen molar-refractivity contribution in [3.8, 4) is 0 Å². The Balaban J connectivity index is 1.96. The zero-order valence-corrected chi connectivity index (χ0v) is 11.8. The smallest absolute Gasteiger partial charge is 0.0699 e. The van der Waals surface area contributed by atoms with Gasteiger partial charge in [-0.3, -0.25) is 4.90 Å². The first kappa shape index (κ1) is 14.3. The molecular weight excluding hydrogens is 228 g/mol. The van der Waals surface area contributed by atoms with Gasteiger partial charge in [0.2, 0.25) is 0 Å². The third-order valence-corrected chi connectivity index (χ3v) is 4.53. The molecule has 1 saturated carbocycles. The van der Waals surface area contributed by atoms with E-state index < -0.39 is 0 Å². The van der Waals surface area contributed by atoms with Gasteiger partial charge in [0, 0.05) is 26.2 Å². The summed E-state index contributed by atoms with van der Waals surface area (Å²) in [6.45, 7) is 6.35. The molecule has 2 aliphatic rings. The maximum atomic E-state index is 9.79. The highest BCUT2D eigenvalue weighted by Gasteiger charge is 2.44. The van der Waals surface area contributed by atoms with E-state index in [2.05, 4.69) is 17.1 Å². The largest absolute Gasteiger partial charge is 0.394 e. The molecule has 0 spiro atoms. The van der Waals surface area contributed by atoms with Crippen molar-refractivity contribution in [1.82, 2.24) is 10.2 Å². The summed E-state index contributed by atoms with van der Waals surface area (Å²) < 4.78 is 5.82. The van der Waals surface area contributed by atoms with Gasteiger partial charge in [-0.05, 0) is 38.6 Å². The Morgan fingerprint density at radius 2 is 2.22 bits per heavy atom. The number of nitrogens with zero attached hydrogens (tertiary/aromatic N) is 1. The van der Waals surface area contributed by atoms with Gasteiger partial charge in [-0.1, -0.05) is 6.92 Å². The topological polar surface area (TPSA) is 44.7 Å². The van der Waals surface area contributed by atoms with Gasteiger partial charge in [-0.15, -0.1) is 0 Å². The lowest BCUT2D eigenvalue weighted by Gasteiger charge is -2.37. The Morgan fingerprint density at radius 3 is 2.78 bits per heavy atom. The number of likely N-dealkylation sites (N-methyl/N-ethyl adjacent to an activating group) is 1. The van der Waals surface area contributed by atoms with Crippen LogP contribution >= 0.6 is 0 Å². The van der Waals surface area contributed by atoms with Crippen molar-refractivity contribution in [1.29, 1.82) is 0 Å². The van der Waals surface area contributed by atoms with Gasteiger partial charge < -0.3 is 15.2 Å². The first-order valence-corrected chi connectivity index (χ1v) is 7.38. The summed E-state index contributed by atoms with van der Waals surface area (Å²) in [4.78, 5) is 2.48. The zero-order valence-electron chi connectivity index (χ0n) is 11.8. The molecule has 18 heavy (non-hydrogen) atoms. The van der Waals surface area contributed by atoms with Crippen LogP contribution in [-0.4, -0.2) is 61.5 Å². The van der Waals surface area contributed by atoms with Crippen molar-refractivity contribution in [3.05, 3.63) is 0 Å². The Morgan fingerprint density at radius 1 is 1.44 bits per heavy atom. The fourth-order valence-corrected chi connectivity index (χ4v) is 3.07. The second kappa shape index (κ2) is 6.33. The summed E-state index contributed by atoms with van der Waals surface area (Å²) in [7, 11) is 1.99. The lowest BCUT2D eigenvalue weighted by molar-refractivity contribution is 0.0404. The summed E-state index contributed by atoms with van der Waals surface area (Å²) in [5, 5.41) is 13.2. The Hall–Kier alpha value is -0.160. The summed E-state index contributed by atoms with van der Waals surface area (Å²) in [5.74, 6) is 0.650. The molecule has 2 unspecified atom stereocenters. The van der Waals surface area contributed by atoms with Crippen LogP contribution < -0.4 is 5.32 Å². The molecule has 2 rings (SSSR count). The molecule has 2 N–H and O–H groups in total. The van der Waals surface area contributed by atoms with Crippen LogP contribution in [0.2, 0.25) is 0 Å². The molecule has 0 aromatic heterocycles. The van der Waals surface area contributed by atoms with Crippen LogP contribution in [0, 0.1) is 5.92 Å². The third-order valence-electron chi connectivity index (χ3n) is 4.53. The lowest BCUT2D eigenvalue weighted by Crippen LogP contribution is -2.57. The fourth-order valence-electron chi connectivity index (χ4n) is 3.07. The monoisotopic (exact) mass is 256 g/mol. The van der Waals surface area contributed by atoms with Crippen LogP contribution in [0.5, 0.6) is 0 Å². The molecule has 0 aromatic carbocycles. The maximum absolute atomic E-state index is 9.79. The van der Waals surface area contributed by atoms with Crippen LogP contribution in [-0.2, 0) is 4.74 Å². The first-order chi connectivity index (χ1) is 8.74. The summed E-state index contributed by atoms with van der Waals surface area (Å²) in [5.41, 5.74) is -0.0946. The van der Waals surface area contributed by atoms with E-state index >= 15 is 0 Å². The molecule has 1 saturated heterocycles. The minimum Gasteiger partial charge on any atom is -0.394 e. The normalized spacial score (nSPS) is 29.8. The Labute approximate surface area is 111 Å². The van der Waals surface area contributed by atoms with Crippen molar-refractivity contribution >= 4 is 0 Å². The average Bonchev–Trinajstić information content (AvgIpc) is 3.23. The number of nitrogens with one attached hydrogen (secondary N) is 1. The van der Waals surface area contributed by atoms with Gasteiger partial charge in [0.25, 0.3) is 0 Å². The van der Waals surface area contributed by atoms with Gasteiger partial charge in [-0.2, -0.15) is 0 Å². The maximum Gasteiger partial charge on any atom is 0.0699 e. The van der Waals surface area contributed by atoms with Crippen LogP contribution in [0.25, 0.3) is 0 Å². The van der Waals surface area contributed by atoms with Crippen molar-refractivity contribution in [2.45, 2.75) is 44.2 Å². The molecule has 0 radical (unpaired) electrons. The van der Waals surface area contributed by atoms with E-state index in [9.17, 15) is 5.11 Å². The molecule has 1 aliphatic carbocycles. The molecule has 2 fully saturated rings. The number of aliphatic hydroxyl groups excluding tert-OH is 1. The van der Waals surface area contributed by atoms with E-state index in [1.165, 1.54) is 12.8 Å². The van der Waals surface area contributed by atoms with Crippen molar-refractivity contribution in [3.63, 3.8) is 0 Å². The Kier molecular flexibility index (Phi) is 5.01. The summed E-state index contributed by atoms with van der Waals surface area (Å²) >= 11 is 0. The predicted molar refractivity (Wildman–Crippen MR) is 72.7 cm³/mol. The van der Waals surface area contributed by atoms with E-state index in [0.717, 1.165) is 39.1 Å². The van der Waals surface area contributed by atoms with Crippen LogP contribution in [0.1, 0.15) is 32.6 Å². The van der Waals surface area contributed by atoms with E-state index in [-0.39, 0.29) is 12.1 Å². The summed E-state index contributed by atoms with van der Waals surface area (Å²) in [6.07, 6.45) is 5.05. The molecule has 2 atom stereocenters. The van der Waals surface area contributed by atoms with E-state index in [0.29, 0.717) is 12.0 Å². The van der Waals surface area contributed by atoms with Crippen molar-refractivity contribution in [2.24, 2.45) is 5.92 Å². The molecule has 1 heterocycles. The second-order valence-corrected chi connectivity index (χ2v) is 5.83. The molecule has 1 aliphatic heterocycles. The minimum atomic E-state index is -0.0946. The third kappa shape index (κ3) is 3.23. The highest BCUT2D eigenvalue weighted by molar-refractivity contribution is 5.02. The van der Waals surface area contributed by atoms with Crippen molar-refractivity contribution < 1.29 is 9.84 Å². The van der Waals surface area contributed by atoms with Crippen molar-refractivity contribution in [2.75, 3.05) is 39.9 Å². The molecule has 106 valence electrons. The average molecular weight is 256 g/mol.